The number of carbonyl (C=O) groups excluding carboxylic acids is 1. The van der Waals surface area contributed by atoms with Gasteiger partial charge in [-0.05, 0) is 69.5 Å². The zero-order chi connectivity index (χ0) is 17.8. The Balaban J connectivity index is 1.74. The number of hydrogen-bond donors (Lipinski definition) is 2. The summed E-state index contributed by atoms with van der Waals surface area (Å²) in [5.74, 6) is 1.67. The molecule has 1 aliphatic heterocycles. The minimum Gasteiger partial charge on any atom is -0.496 e. The highest BCUT2D eigenvalue weighted by Gasteiger charge is 2.19. The average Bonchev–Trinajstić information content (AvgIpc) is 3.26. The molecule has 0 spiro atoms. The second-order valence-electron chi connectivity index (χ2n) is 6.72. The van der Waals surface area contributed by atoms with Gasteiger partial charge in [-0.3, -0.25) is 4.79 Å². The lowest BCUT2D eigenvalue weighted by atomic mass is 9.96. The molecule has 2 heterocycles. The SMILES string of the molecule is COc1ccc(C(=O)Nc2cn(C(C)C)nn2)cc1CC1CCNC1. The molecule has 0 saturated carbocycles. The van der Waals surface area contributed by atoms with Crippen molar-refractivity contribution in [3.05, 3.63) is 35.5 Å². The number of ether oxygens (including phenoxy) is 1. The Morgan fingerprint density at radius 3 is 2.96 bits per heavy atom. The maximum Gasteiger partial charge on any atom is 0.256 e. The van der Waals surface area contributed by atoms with Gasteiger partial charge in [-0.1, -0.05) is 5.21 Å². The molecule has 1 unspecified atom stereocenters. The van der Waals surface area contributed by atoms with E-state index in [4.69, 9.17) is 4.74 Å². The Bertz CT molecular complexity index is 735. The van der Waals surface area contributed by atoms with Gasteiger partial charge in [0, 0.05) is 11.6 Å². The van der Waals surface area contributed by atoms with Crippen LogP contribution in [0.25, 0.3) is 0 Å². The lowest BCUT2D eigenvalue weighted by Gasteiger charge is -2.14. The largest absolute Gasteiger partial charge is 0.496 e. The van der Waals surface area contributed by atoms with E-state index >= 15 is 0 Å². The fraction of sp³-hybridized carbons (Fsp3) is 0.500. The second-order valence-corrected chi connectivity index (χ2v) is 6.72. The van der Waals surface area contributed by atoms with E-state index in [1.54, 1.807) is 24.1 Å². The average molecular weight is 343 g/mol. The molecule has 1 atom stereocenters. The molecule has 7 heteroatoms. The minimum atomic E-state index is -0.191. The Hall–Kier alpha value is -2.41. The molecular weight excluding hydrogens is 318 g/mol. The summed E-state index contributed by atoms with van der Waals surface area (Å²) in [6.45, 7) is 6.08. The topological polar surface area (TPSA) is 81.1 Å². The molecule has 1 amide bonds. The van der Waals surface area contributed by atoms with Crippen LogP contribution in [0.3, 0.4) is 0 Å². The van der Waals surface area contributed by atoms with E-state index in [-0.39, 0.29) is 11.9 Å². The number of amides is 1. The van der Waals surface area contributed by atoms with Crippen LogP contribution in [0.5, 0.6) is 5.75 Å². The highest BCUT2D eigenvalue weighted by Crippen LogP contribution is 2.25. The van der Waals surface area contributed by atoms with Crippen LogP contribution in [-0.4, -0.2) is 41.1 Å². The predicted octanol–water partition coefficient (Wildman–Crippen LogP) is 2.27. The van der Waals surface area contributed by atoms with E-state index < -0.39 is 0 Å². The molecule has 1 fully saturated rings. The molecule has 1 aliphatic rings. The van der Waals surface area contributed by atoms with E-state index in [2.05, 4.69) is 20.9 Å². The van der Waals surface area contributed by atoms with Gasteiger partial charge < -0.3 is 15.4 Å². The summed E-state index contributed by atoms with van der Waals surface area (Å²) in [5.41, 5.74) is 1.66. The van der Waals surface area contributed by atoms with Crippen molar-refractivity contribution >= 4 is 11.7 Å². The molecule has 0 radical (unpaired) electrons. The second kappa shape index (κ2) is 7.65. The first-order valence-corrected chi connectivity index (χ1v) is 8.67. The summed E-state index contributed by atoms with van der Waals surface area (Å²) in [5, 5.41) is 14.2. The van der Waals surface area contributed by atoms with Gasteiger partial charge in [0.25, 0.3) is 5.91 Å². The van der Waals surface area contributed by atoms with E-state index in [0.717, 1.165) is 37.2 Å². The lowest BCUT2D eigenvalue weighted by Crippen LogP contribution is -2.14. The number of rotatable bonds is 6. The molecule has 1 aromatic carbocycles. The summed E-state index contributed by atoms with van der Waals surface area (Å²) in [6, 6.07) is 5.75. The van der Waals surface area contributed by atoms with Crippen molar-refractivity contribution in [2.45, 2.75) is 32.7 Å². The number of carbonyl (C=O) groups is 1. The molecule has 2 aromatic rings. The zero-order valence-electron chi connectivity index (χ0n) is 15.0. The van der Waals surface area contributed by atoms with Crippen molar-refractivity contribution in [1.29, 1.82) is 0 Å². The van der Waals surface area contributed by atoms with Crippen molar-refractivity contribution in [2.75, 3.05) is 25.5 Å². The number of nitrogens with zero attached hydrogens (tertiary/aromatic N) is 3. The van der Waals surface area contributed by atoms with Crippen LogP contribution in [0.4, 0.5) is 5.82 Å². The first kappa shape index (κ1) is 17.4. The van der Waals surface area contributed by atoms with Crippen LogP contribution in [0.1, 0.15) is 42.2 Å². The van der Waals surface area contributed by atoms with Gasteiger partial charge in [-0.25, -0.2) is 4.68 Å². The molecule has 134 valence electrons. The molecule has 3 rings (SSSR count). The summed E-state index contributed by atoms with van der Waals surface area (Å²) in [7, 11) is 1.66. The van der Waals surface area contributed by atoms with Crippen LogP contribution in [0.2, 0.25) is 0 Å². The molecule has 0 aliphatic carbocycles. The quantitative estimate of drug-likeness (QED) is 0.841. The fourth-order valence-corrected chi connectivity index (χ4v) is 3.05. The third-order valence-corrected chi connectivity index (χ3v) is 4.49. The van der Waals surface area contributed by atoms with Crippen LogP contribution >= 0.6 is 0 Å². The van der Waals surface area contributed by atoms with Gasteiger partial charge in [0.15, 0.2) is 5.82 Å². The zero-order valence-corrected chi connectivity index (χ0v) is 15.0. The minimum absolute atomic E-state index is 0.191. The van der Waals surface area contributed by atoms with Gasteiger partial charge in [0.2, 0.25) is 0 Å². The summed E-state index contributed by atoms with van der Waals surface area (Å²) in [4.78, 5) is 12.5. The van der Waals surface area contributed by atoms with Crippen molar-refractivity contribution in [2.24, 2.45) is 5.92 Å². The first-order chi connectivity index (χ1) is 12.1. The van der Waals surface area contributed by atoms with Crippen molar-refractivity contribution in [3.8, 4) is 5.75 Å². The standard InChI is InChI=1S/C18H25N5O2/c1-12(2)23-11-17(21-22-23)20-18(24)14-4-5-16(25-3)15(9-14)8-13-6-7-19-10-13/h4-5,9,11-13,19H,6-8,10H2,1-3H3,(H,20,24). The fourth-order valence-electron chi connectivity index (χ4n) is 3.05. The first-order valence-electron chi connectivity index (χ1n) is 8.67. The molecule has 25 heavy (non-hydrogen) atoms. The van der Waals surface area contributed by atoms with Crippen LogP contribution < -0.4 is 15.4 Å². The molecule has 0 bridgehead atoms. The van der Waals surface area contributed by atoms with Crippen LogP contribution in [0.15, 0.2) is 24.4 Å². The van der Waals surface area contributed by atoms with Crippen molar-refractivity contribution in [1.82, 2.24) is 20.3 Å². The van der Waals surface area contributed by atoms with Gasteiger partial charge in [0.05, 0.1) is 13.3 Å². The van der Waals surface area contributed by atoms with Gasteiger partial charge in [-0.2, -0.15) is 0 Å². The maximum absolute atomic E-state index is 12.5. The molecule has 2 N–H and O–H groups in total. The number of hydrogen-bond acceptors (Lipinski definition) is 5. The third-order valence-electron chi connectivity index (χ3n) is 4.49. The highest BCUT2D eigenvalue weighted by molar-refractivity contribution is 6.03. The van der Waals surface area contributed by atoms with Crippen molar-refractivity contribution in [3.63, 3.8) is 0 Å². The van der Waals surface area contributed by atoms with E-state index in [1.807, 2.05) is 26.0 Å². The Labute approximate surface area is 147 Å². The molecule has 7 nitrogen and oxygen atoms in total. The highest BCUT2D eigenvalue weighted by atomic mass is 16.5. The summed E-state index contributed by atoms with van der Waals surface area (Å²) < 4.78 is 7.17. The summed E-state index contributed by atoms with van der Waals surface area (Å²) in [6.07, 6.45) is 3.79. The van der Waals surface area contributed by atoms with E-state index in [0.29, 0.717) is 17.3 Å². The van der Waals surface area contributed by atoms with Gasteiger partial charge in [-0.15, -0.1) is 5.10 Å². The van der Waals surface area contributed by atoms with Crippen molar-refractivity contribution < 1.29 is 9.53 Å². The van der Waals surface area contributed by atoms with Gasteiger partial charge in [0.1, 0.15) is 5.75 Å². The number of aromatic nitrogens is 3. The molecular formula is C18H25N5O2. The predicted molar refractivity (Wildman–Crippen MR) is 96.0 cm³/mol. The Morgan fingerprint density at radius 2 is 2.32 bits per heavy atom. The van der Waals surface area contributed by atoms with E-state index in [1.165, 1.54) is 0 Å². The lowest BCUT2D eigenvalue weighted by molar-refractivity contribution is 0.102. The smallest absolute Gasteiger partial charge is 0.256 e. The summed E-state index contributed by atoms with van der Waals surface area (Å²) >= 11 is 0. The Kier molecular flexibility index (Phi) is 5.33. The number of anilines is 1. The van der Waals surface area contributed by atoms with Crippen LogP contribution in [-0.2, 0) is 6.42 Å². The monoisotopic (exact) mass is 343 g/mol. The number of methoxy groups -OCH3 is 1. The molecule has 1 saturated heterocycles. The Morgan fingerprint density at radius 1 is 1.48 bits per heavy atom. The van der Waals surface area contributed by atoms with E-state index in [9.17, 15) is 4.79 Å². The van der Waals surface area contributed by atoms with Gasteiger partial charge >= 0.3 is 0 Å². The number of nitrogens with one attached hydrogen (secondary N) is 2. The molecule has 1 aromatic heterocycles. The normalized spacial score (nSPS) is 17.0. The van der Waals surface area contributed by atoms with Crippen LogP contribution in [0, 0.1) is 5.92 Å². The number of benzene rings is 1. The third kappa shape index (κ3) is 4.17. The maximum atomic E-state index is 12.5.